The molecule has 0 saturated carbocycles. The Hall–Kier alpha value is -1.77. The standard InChI is InChI=1S/C13H17NO2/c1-11(2)10-14(9-8-13(15)16)12-6-4-3-5-7-12/h3-7H,1,8-10H2,2H3,(H,15,16). The van der Waals surface area contributed by atoms with Crippen LogP contribution in [-0.4, -0.2) is 24.2 Å². The van der Waals surface area contributed by atoms with Crippen LogP contribution in [0.4, 0.5) is 5.69 Å². The summed E-state index contributed by atoms with van der Waals surface area (Å²) in [6, 6.07) is 9.79. The number of anilines is 1. The number of hydrogen-bond acceptors (Lipinski definition) is 2. The lowest BCUT2D eigenvalue weighted by molar-refractivity contribution is -0.136. The molecule has 0 spiro atoms. The summed E-state index contributed by atoms with van der Waals surface area (Å²) in [4.78, 5) is 12.6. The van der Waals surface area contributed by atoms with E-state index in [-0.39, 0.29) is 6.42 Å². The Morgan fingerprint density at radius 3 is 2.50 bits per heavy atom. The summed E-state index contributed by atoms with van der Waals surface area (Å²) in [6.45, 7) is 7.00. The van der Waals surface area contributed by atoms with E-state index in [0.29, 0.717) is 13.1 Å². The highest BCUT2D eigenvalue weighted by molar-refractivity contribution is 5.67. The van der Waals surface area contributed by atoms with E-state index >= 15 is 0 Å². The maximum Gasteiger partial charge on any atom is 0.305 e. The van der Waals surface area contributed by atoms with Crippen molar-refractivity contribution in [3.05, 3.63) is 42.5 Å². The van der Waals surface area contributed by atoms with E-state index in [1.165, 1.54) is 0 Å². The van der Waals surface area contributed by atoms with Gasteiger partial charge in [0.1, 0.15) is 0 Å². The van der Waals surface area contributed by atoms with Gasteiger partial charge in [-0.25, -0.2) is 0 Å². The minimum Gasteiger partial charge on any atom is -0.481 e. The van der Waals surface area contributed by atoms with Crippen molar-refractivity contribution in [2.45, 2.75) is 13.3 Å². The number of carboxylic acids is 1. The zero-order chi connectivity index (χ0) is 12.0. The molecule has 1 rings (SSSR count). The number of hydrogen-bond donors (Lipinski definition) is 1. The highest BCUT2D eigenvalue weighted by Gasteiger charge is 2.08. The quantitative estimate of drug-likeness (QED) is 0.747. The molecule has 3 heteroatoms. The molecule has 0 atom stereocenters. The number of benzene rings is 1. The summed E-state index contributed by atoms with van der Waals surface area (Å²) in [5.41, 5.74) is 2.06. The first-order valence-corrected chi connectivity index (χ1v) is 5.26. The average molecular weight is 219 g/mol. The third-order valence-corrected chi connectivity index (χ3v) is 2.18. The summed E-state index contributed by atoms with van der Waals surface area (Å²) in [5.74, 6) is -0.775. The Morgan fingerprint density at radius 1 is 1.38 bits per heavy atom. The van der Waals surface area contributed by atoms with E-state index in [9.17, 15) is 4.79 Å². The molecule has 1 aromatic rings. The minimum atomic E-state index is -0.775. The van der Waals surface area contributed by atoms with E-state index in [1.807, 2.05) is 42.2 Å². The number of aliphatic carboxylic acids is 1. The fraction of sp³-hybridized carbons (Fsp3) is 0.308. The fourth-order valence-corrected chi connectivity index (χ4v) is 1.49. The Labute approximate surface area is 96.0 Å². The van der Waals surface area contributed by atoms with E-state index in [4.69, 9.17) is 5.11 Å². The SMILES string of the molecule is C=C(C)CN(CCC(=O)O)c1ccccc1. The zero-order valence-electron chi connectivity index (χ0n) is 9.52. The van der Waals surface area contributed by atoms with Crippen LogP contribution in [0.25, 0.3) is 0 Å². The molecule has 0 aliphatic carbocycles. The summed E-state index contributed by atoms with van der Waals surface area (Å²) in [5, 5.41) is 8.69. The highest BCUT2D eigenvalue weighted by Crippen LogP contribution is 2.14. The van der Waals surface area contributed by atoms with Crippen molar-refractivity contribution < 1.29 is 9.90 Å². The molecule has 1 N–H and O–H groups in total. The van der Waals surface area contributed by atoms with Crippen molar-refractivity contribution in [1.82, 2.24) is 0 Å². The second kappa shape index (κ2) is 5.95. The monoisotopic (exact) mass is 219 g/mol. The molecule has 0 radical (unpaired) electrons. The maximum absolute atomic E-state index is 10.6. The van der Waals surface area contributed by atoms with Crippen LogP contribution in [0.3, 0.4) is 0 Å². The lowest BCUT2D eigenvalue weighted by Gasteiger charge is -2.24. The second-order valence-corrected chi connectivity index (χ2v) is 3.86. The molecular formula is C13H17NO2. The smallest absolute Gasteiger partial charge is 0.305 e. The Bertz CT molecular complexity index is 359. The van der Waals surface area contributed by atoms with Crippen molar-refractivity contribution in [3.63, 3.8) is 0 Å². The molecule has 0 heterocycles. The van der Waals surface area contributed by atoms with Crippen LogP contribution in [0, 0.1) is 0 Å². The Morgan fingerprint density at radius 2 is 2.00 bits per heavy atom. The highest BCUT2D eigenvalue weighted by atomic mass is 16.4. The number of carboxylic acid groups (broad SMARTS) is 1. The molecule has 0 aliphatic rings. The lowest BCUT2D eigenvalue weighted by atomic mass is 10.2. The van der Waals surface area contributed by atoms with Crippen LogP contribution in [0.2, 0.25) is 0 Å². The largest absolute Gasteiger partial charge is 0.481 e. The van der Waals surface area contributed by atoms with Gasteiger partial charge in [-0.05, 0) is 19.1 Å². The molecule has 16 heavy (non-hydrogen) atoms. The molecule has 0 amide bonds. The first-order chi connectivity index (χ1) is 7.59. The molecule has 86 valence electrons. The average Bonchev–Trinajstić information content (AvgIpc) is 2.25. The fourth-order valence-electron chi connectivity index (χ4n) is 1.49. The van der Waals surface area contributed by atoms with Crippen LogP contribution in [-0.2, 0) is 4.79 Å². The van der Waals surface area contributed by atoms with Gasteiger partial charge >= 0.3 is 5.97 Å². The summed E-state index contributed by atoms with van der Waals surface area (Å²) < 4.78 is 0. The zero-order valence-corrected chi connectivity index (χ0v) is 9.52. The van der Waals surface area contributed by atoms with E-state index in [2.05, 4.69) is 6.58 Å². The van der Waals surface area contributed by atoms with Crippen LogP contribution < -0.4 is 4.90 Å². The van der Waals surface area contributed by atoms with Crippen molar-refractivity contribution in [2.24, 2.45) is 0 Å². The van der Waals surface area contributed by atoms with Crippen molar-refractivity contribution in [3.8, 4) is 0 Å². The summed E-state index contributed by atoms with van der Waals surface area (Å²) in [7, 11) is 0. The van der Waals surface area contributed by atoms with Gasteiger partial charge in [0.15, 0.2) is 0 Å². The summed E-state index contributed by atoms with van der Waals surface area (Å²) in [6.07, 6.45) is 0.141. The van der Waals surface area contributed by atoms with E-state index in [0.717, 1.165) is 11.3 Å². The molecule has 3 nitrogen and oxygen atoms in total. The first-order valence-electron chi connectivity index (χ1n) is 5.26. The van der Waals surface area contributed by atoms with Crippen LogP contribution in [0.5, 0.6) is 0 Å². The minimum absolute atomic E-state index is 0.141. The van der Waals surface area contributed by atoms with E-state index in [1.54, 1.807) is 0 Å². The third-order valence-electron chi connectivity index (χ3n) is 2.18. The van der Waals surface area contributed by atoms with Gasteiger partial charge in [0.25, 0.3) is 0 Å². The predicted molar refractivity (Wildman–Crippen MR) is 65.7 cm³/mol. The second-order valence-electron chi connectivity index (χ2n) is 3.86. The van der Waals surface area contributed by atoms with Gasteiger partial charge < -0.3 is 10.0 Å². The maximum atomic E-state index is 10.6. The van der Waals surface area contributed by atoms with Crippen LogP contribution in [0.15, 0.2) is 42.5 Å². The van der Waals surface area contributed by atoms with E-state index < -0.39 is 5.97 Å². The van der Waals surface area contributed by atoms with Gasteiger partial charge in [-0.15, -0.1) is 0 Å². The Balaban J connectivity index is 2.71. The van der Waals surface area contributed by atoms with Gasteiger partial charge in [-0.1, -0.05) is 30.4 Å². The normalized spacial score (nSPS) is 9.81. The molecule has 0 aliphatic heterocycles. The molecule has 0 fully saturated rings. The van der Waals surface area contributed by atoms with Gasteiger partial charge in [-0.2, -0.15) is 0 Å². The molecule has 0 aromatic heterocycles. The molecule has 1 aromatic carbocycles. The number of nitrogens with zero attached hydrogens (tertiary/aromatic N) is 1. The first kappa shape index (κ1) is 12.3. The lowest BCUT2D eigenvalue weighted by Crippen LogP contribution is -2.27. The Kier molecular flexibility index (Phi) is 4.58. The van der Waals surface area contributed by atoms with Crippen molar-refractivity contribution in [1.29, 1.82) is 0 Å². The van der Waals surface area contributed by atoms with Crippen molar-refractivity contribution >= 4 is 11.7 Å². The predicted octanol–water partition coefficient (Wildman–Crippen LogP) is 2.54. The summed E-state index contributed by atoms with van der Waals surface area (Å²) >= 11 is 0. The molecule has 0 saturated heterocycles. The van der Waals surface area contributed by atoms with Gasteiger partial charge in [0.05, 0.1) is 6.42 Å². The van der Waals surface area contributed by atoms with Crippen LogP contribution >= 0.6 is 0 Å². The van der Waals surface area contributed by atoms with Crippen LogP contribution in [0.1, 0.15) is 13.3 Å². The number of carbonyl (C=O) groups is 1. The van der Waals surface area contributed by atoms with Crippen molar-refractivity contribution in [2.75, 3.05) is 18.0 Å². The topological polar surface area (TPSA) is 40.5 Å². The third kappa shape index (κ3) is 4.17. The molecule has 0 bridgehead atoms. The van der Waals surface area contributed by atoms with Gasteiger partial charge in [0.2, 0.25) is 0 Å². The number of para-hydroxylation sites is 1. The molecule has 0 unspecified atom stereocenters. The van der Waals surface area contributed by atoms with Gasteiger partial charge in [-0.3, -0.25) is 4.79 Å². The van der Waals surface area contributed by atoms with Gasteiger partial charge in [0, 0.05) is 18.8 Å². The molecular weight excluding hydrogens is 202 g/mol. The number of rotatable bonds is 6.